The van der Waals surface area contributed by atoms with Crippen molar-refractivity contribution in [3.05, 3.63) is 56.4 Å². The predicted molar refractivity (Wildman–Crippen MR) is 91.3 cm³/mol. The van der Waals surface area contributed by atoms with Crippen LogP contribution in [0.5, 0.6) is 0 Å². The van der Waals surface area contributed by atoms with E-state index in [-0.39, 0.29) is 18.1 Å². The van der Waals surface area contributed by atoms with Gasteiger partial charge < -0.3 is 5.32 Å². The van der Waals surface area contributed by atoms with Crippen molar-refractivity contribution >= 4 is 44.9 Å². The molecular formula is C15H15BrFNOS2. The van der Waals surface area contributed by atoms with Crippen LogP contribution >= 0.6 is 39.0 Å². The maximum absolute atomic E-state index is 13.0. The van der Waals surface area contributed by atoms with Gasteiger partial charge in [-0.1, -0.05) is 12.1 Å². The van der Waals surface area contributed by atoms with Gasteiger partial charge in [-0.3, -0.25) is 4.79 Å². The fourth-order valence-corrected chi connectivity index (χ4v) is 4.21. The maximum Gasteiger partial charge on any atom is 0.224 e. The molecule has 1 N–H and O–H groups in total. The number of rotatable bonds is 7. The Kier molecular flexibility index (Phi) is 6.73. The van der Waals surface area contributed by atoms with Gasteiger partial charge in [-0.2, -0.15) is 11.8 Å². The van der Waals surface area contributed by atoms with Crippen LogP contribution in [0.15, 0.2) is 40.2 Å². The Morgan fingerprint density at radius 2 is 2.19 bits per heavy atom. The first-order chi connectivity index (χ1) is 10.1. The third kappa shape index (κ3) is 6.20. The van der Waals surface area contributed by atoms with Crippen LogP contribution in [0.25, 0.3) is 0 Å². The van der Waals surface area contributed by atoms with Gasteiger partial charge in [0, 0.05) is 22.9 Å². The molecule has 0 saturated heterocycles. The summed E-state index contributed by atoms with van der Waals surface area (Å²) in [5, 5.41) is 2.85. The SMILES string of the molecule is O=C(Cc1cccc(F)c1)NCCSCc1ccc(Br)s1. The van der Waals surface area contributed by atoms with E-state index < -0.39 is 0 Å². The van der Waals surface area contributed by atoms with Gasteiger partial charge in [-0.05, 0) is 45.8 Å². The lowest BCUT2D eigenvalue weighted by Crippen LogP contribution is -2.27. The summed E-state index contributed by atoms with van der Waals surface area (Å²) in [5.41, 5.74) is 0.698. The summed E-state index contributed by atoms with van der Waals surface area (Å²) >= 11 is 6.95. The Balaban J connectivity index is 1.61. The van der Waals surface area contributed by atoms with E-state index >= 15 is 0 Å². The number of hydrogen-bond donors (Lipinski definition) is 1. The van der Waals surface area contributed by atoms with Crippen molar-refractivity contribution in [3.8, 4) is 0 Å². The first kappa shape index (κ1) is 16.5. The zero-order chi connectivity index (χ0) is 15.1. The molecule has 0 aliphatic heterocycles. The molecule has 0 bridgehead atoms. The van der Waals surface area contributed by atoms with E-state index in [1.165, 1.54) is 17.0 Å². The number of halogens is 2. The minimum absolute atomic E-state index is 0.0694. The summed E-state index contributed by atoms with van der Waals surface area (Å²) in [6.07, 6.45) is 0.223. The fourth-order valence-electron chi connectivity index (χ4n) is 1.76. The van der Waals surface area contributed by atoms with Crippen LogP contribution in [-0.2, 0) is 17.0 Å². The van der Waals surface area contributed by atoms with Crippen LogP contribution < -0.4 is 5.32 Å². The van der Waals surface area contributed by atoms with E-state index in [1.807, 2.05) is 6.07 Å². The Hall–Kier alpha value is -0.850. The number of hydrogen-bond acceptors (Lipinski definition) is 3. The lowest BCUT2D eigenvalue weighted by atomic mass is 10.1. The topological polar surface area (TPSA) is 29.1 Å². The van der Waals surface area contributed by atoms with Gasteiger partial charge in [0.15, 0.2) is 0 Å². The van der Waals surface area contributed by atoms with Crippen molar-refractivity contribution < 1.29 is 9.18 Å². The molecule has 0 aliphatic rings. The van der Waals surface area contributed by atoms with Crippen LogP contribution in [0, 0.1) is 5.82 Å². The summed E-state index contributed by atoms with van der Waals surface area (Å²) < 4.78 is 14.1. The van der Waals surface area contributed by atoms with Crippen LogP contribution in [0.2, 0.25) is 0 Å². The molecular weight excluding hydrogens is 373 g/mol. The van der Waals surface area contributed by atoms with E-state index in [1.54, 1.807) is 35.2 Å². The molecule has 2 rings (SSSR count). The van der Waals surface area contributed by atoms with Gasteiger partial charge >= 0.3 is 0 Å². The number of amides is 1. The second kappa shape index (κ2) is 8.56. The minimum Gasteiger partial charge on any atom is -0.355 e. The summed E-state index contributed by atoms with van der Waals surface area (Å²) in [7, 11) is 0. The van der Waals surface area contributed by atoms with E-state index in [9.17, 15) is 9.18 Å². The molecule has 0 fully saturated rings. The largest absolute Gasteiger partial charge is 0.355 e. The zero-order valence-corrected chi connectivity index (χ0v) is 14.5. The van der Waals surface area contributed by atoms with E-state index in [2.05, 4.69) is 27.3 Å². The molecule has 2 nitrogen and oxygen atoms in total. The van der Waals surface area contributed by atoms with Crippen molar-refractivity contribution in [3.63, 3.8) is 0 Å². The Bertz CT molecular complexity index is 603. The average Bonchev–Trinajstić information content (AvgIpc) is 2.84. The van der Waals surface area contributed by atoms with Crippen molar-refractivity contribution in [1.29, 1.82) is 0 Å². The molecule has 1 heterocycles. The molecule has 2 aromatic rings. The van der Waals surface area contributed by atoms with Crippen LogP contribution in [-0.4, -0.2) is 18.2 Å². The molecule has 0 atom stereocenters. The molecule has 0 radical (unpaired) electrons. The first-order valence-corrected chi connectivity index (χ1v) is 9.23. The normalized spacial score (nSPS) is 10.6. The van der Waals surface area contributed by atoms with E-state index in [0.717, 1.165) is 15.3 Å². The van der Waals surface area contributed by atoms with Crippen LogP contribution in [0.1, 0.15) is 10.4 Å². The molecule has 1 aromatic heterocycles. The number of benzene rings is 1. The lowest BCUT2D eigenvalue weighted by molar-refractivity contribution is -0.120. The zero-order valence-electron chi connectivity index (χ0n) is 11.3. The summed E-state index contributed by atoms with van der Waals surface area (Å²) in [5.74, 6) is 1.44. The van der Waals surface area contributed by atoms with Gasteiger partial charge in [-0.25, -0.2) is 4.39 Å². The van der Waals surface area contributed by atoms with Crippen molar-refractivity contribution in [2.45, 2.75) is 12.2 Å². The Morgan fingerprint density at radius 3 is 2.90 bits per heavy atom. The van der Waals surface area contributed by atoms with Gasteiger partial charge in [0.1, 0.15) is 5.82 Å². The molecule has 0 spiro atoms. The molecule has 1 aromatic carbocycles. The van der Waals surface area contributed by atoms with Crippen LogP contribution in [0.3, 0.4) is 0 Å². The van der Waals surface area contributed by atoms with Crippen LogP contribution in [0.4, 0.5) is 4.39 Å². The first-order valence-electron chi connectivity index (χ1n) is 6.46. The molecule has 6 heteroatoms. The minimum atomic E-state index is -0.307. The highest BCUT2D eigenvalue weighted by molar-refractivity contribution is 9.11. The smallest absolute Gasteiger partial charge is 0.224 e. The molecule has 0 aliphatic carbocycles. The monoisotopic (exact) mass is 387 g/mol. The third-order valence-corrected chi connectivity index (χ3v) is 5.51. The predicted octanol–water partition coefficient (Wildman–Crippen LogP) is 4.24. The maximum atomic E-state index is 13.0. The summed E-state index contributed by atoms with van der Waals surface area (Å²) in [6.45, 7) is 0.630. The highest BCUT2D eigenvalue weighted by Crippen LogP contribution is 2.25. The van der Waals surface area contributed by atoms with Gasteiger partial charge in [0.05, 0.1) is 10.2 Å². The number of nitrogens with one attached hydrogen (secondary N) is 1. The quantitative estimate of drug-likeness (QED) is 0.719. The number of carbonyl (C=O) groups is 1. The highest BCUT2D eigenvalue weighted by Gasteiger charge is 2.04. The lowest BCUT2D eigenvalue weighted by Gasteiger charge is -2.05. The van der Waals surface area contributed by atoms with Gasteiger partial charge in [-0.15, -0.1) is 11.3 Å². The molecule has 1 amide bonds. The standard InChI is InChI=1S/C15H15BrFNOS2/c16-14-5-4-13(21-14)10-20-7-6-18-15(19)9-11-2-1-3-12(17)8-11/h1-5,8H,6-7,9-10H2,(H,18,19). The molecule has 21 heavy (non-hydrogen) atoms. The highest BCUT2D eigenvalue weighted by atomic mass is 79.9. The third-order valence-electron chi connectivity index (χ3n) is 2.70. The fraction of sp³-hybridized carbons (Fsp3) is 0.267. The summed E-state index contributed by atoms with van der Waals surface area (Å²) in [4.78, 5) is 13.0. The number of thioether (sulfide) groups is 1. The molecule has 0 saturated carbocycles. The Labute approximate surface area is 140 Å². The average molecular weight is 388 g/mol. The van der Waals surface area contributed by atoms with Crippen molar-refractivity contribution in [2.24, 2.45) is 0 Å². The van der Waals surface area contributed by atoms with Gasteiger partial charge in [0.2, 0.25) is 5.91 Å². The second-order valence-electron chi connectivity index (χ2n) is 4.42. The second-order valence-corrected chi connectivity index (χ2v) is 8.07. The van der Waals surface area contributed by atoms with E-state index in [4.69, 9.17) is 0 Å². The Morgan fingerprint density at radius 1 is 1.33 bits per heavy atom. The summed E-state index contributed by atoms with van der Waals surface area (Å²) in [6, 6.07) is 10.3. The van der Waals surface area contributed by atoms with Crippen molar-refractivity contribution in [2.75, 3.05) is 12.3 Å². The number of carbonyl (C=O) groups excluding carboxylic acids is 1. The number of thiophene rings is 1. The van der Waals surface area contributed by atoms with E-state index in [0.29, 0.717) is 12.1 Å². The molecule has 0 unspecified atom stereocenters. The van der Waals surface area contributed by atoms with Crippen molar-refractivity contribution in [1.82, 2.24) is 5.32 Å². The molecule has 112 valence electrons. The van der Waals surface area contributed by atoms with Gasteiger partial charge in [0.25, 0.3) is 0 Å².